The molecule has 0 saturated heterocycles. The fourth-order valence-electron chi connectivity index (χ4n) is 3.18. The molecule has 0 spiro atoms. The Kier molecular flexibility index (Phi) is 8.89. The molecular formula is C18H33N2O5+. The highest BCUT2D eigenvalue weighted by Crippen LogP contribution is 2.17. The molecule has 25 heavy (non-hydrogen) atoms. The number of ether oxygens (including phenoxy) is 1. The van der Waals surface area contributed by atoms with Crippen molar-refractivity contribution in [2.75, 3.05) is 13.1 Å². The maximum atomic E-state index is 11.4. The molecule has 0 aromatic heterocycles. The monoisotopic (exact) mass is 357 g/mol. The highest BCUT2D eigenvalue weighted by Gasteiger charge is 2.39. The summed E-state index contributed by atoms with van der Waals surface area (Å²) in [7, 11) is 0. The summed E-state index contributed by atoms with van der Waals surface area (Å²) in [5.74, 6) is -0.891. The minimum atomic E-state index is -0.997. The molecule has 0 saturated carbocycles. The second-order valence-corrected chi connectivity index (χ2v) is 6.70. The molecule has 0 amide bonds. The van der Waals surface area contributed by atoms with Crippen molar-refractivity contribution < 1.29 is 29.1 Å². The Hall–Kier alpha value is -1.63. The van der Waals surface area contributed by atoms with Gasteiger partial charge in [-0.15, -0.1) is 0 Å². The van der Waals surface area contributed by atoms with Crippen LogP contribution < -0.4 is 0 Å². The fourth-order valence-corrected chi connectivity index (χ4v) is 3.18. The number of amidine groups is 1. The first kappa shape index (κ1) is 21.4. The summed E-state index contributed by atoms with van der Waals surface area (Å²) >= 11 is 0. The zero-order chi connectivity index (χ0) is 19.0. The summed E-state index contributed by atoms with van der Waals surface area (Å²) in [6, 6.07) is -0.597. The molecule has 1 rings (SSSR count). The number of rotatable bonds is 12. The van der Waals surface area contributed by atoms with Crippen LogP contribution in [0.15, 0.2) is 0 Å². The molecule has 0 radical (unpaired) electrons. The van der Waals surface area contributed by atoms with E-state index in [0.29, 0.717) is 13.1 Å². The van der Waals surface area contributed by atoms with Crippen LogP contribution in [0.3, 0.4) is 0 Å². The van der Waals surface area contributed by atoms with Gasteiger partial charge in [0.15, 0.2) is 18.4 Å². The summed E-state index contributed by atoms with van der Waals surface area (Å²) in [5.41, 5.74) is 0. The first-order chi connectivity index (χ1) is 11.8. The van der Waals surface area contributed by atoms with Crippen LogP contribution in [0.1, 0.15) is 66.2 Å². The minimum absolute atomic E-state index is 0.400. The van der Waals surface area contributed by atoms with E-state index < -0.39 is 30.3 Å². The lowest BCUT2D eigenvalue weighted by molar-refractivity contribution is -0.543. The molecule has 1 aliphatic heterocycles. The molecule has 0 fully saturated rings. The zero-order valence-corrected chi connectivity index (χ0v) is 15.9. The van der Waals surface area contributed by atoms with Crippen molar-refractivity contribution in [2.45, 2.75) is 84.6 Å². The lowest BCUT2D eigenvalue weighted by atomic mass is 10.1. The summed E-state index contributed by atoms with van der Waals surface area (Å²) in [6.45, 7) is 8.46. The number of carboxylic acids is 2. The molecule has 3 unspecified atom stereocenters. The Morgan fingerprint density at radius 3 is 2.32 bits per heavy atom. The molecule has 3 atom stereocenters. The van der Waals surface area contributed by atoms with Crippen LogP contribution in [0.4, 0.5) is 0 Å². The highest BCUT2D eigenvalue weighted by atomic mass is 16.5. The van der Waals surface area contributed by atoms with Gasteiger partial charge in [0.2, 0.25) is 5.84 Å². The van der Waals surface area contributed by atoms with Gasteiger partial charge in [-0.2, -0.15) is 0 Å². The van der Waals surface area contributed by atoms with Gasteiger partial charge in [0.05, 0.1) is 0 Å². The number of carbonyl (C=O) groups is 2. The van der Waals surface area contributed by atoms with Crippen molar-refractivity contribution in [3.8, 4) is 0 Å². The average molecular weight is 357 g/mol. The second kappa shape index (κ2) is 10.4. The van der Waals surface area contributed by atoms with Crippen LogP contribution in [0.5, 0.6) is 0 Å². The van der Waals surface area contributed by atoms with Crippen molar-refractivity contribution in [1.82, 2.24) is 4.90 Å². The van der Waals surface area contributed by atoms with E-state index in [4.69, 9.17) is 9.84 Å². The number of hydrogen-bond donors (Lipinski definition) is 2. The van der Waals surface area contributed by atoms with Gasteiger partial charge in [-0.3, -0.25) is 0 Å². The standard InChI is InChI=1S/C18H32N2O5/c1-5-6-7-8-9-10-16-19(13(2)17(21)22)11-12-20(16)15(4)25-14(3)18(23)24/h13-15H,5-12H2,1-4H3,(H-,21,22,23,24)/p+1. The Bertz CT molecular complexity index is 492. The molecule has 2 N–H and O–H groups in total. The summed E-state index contributed by atoms with van der Waals surface area (Å²) in [6.07, 6.45) is 5.18. The van der Waals surface area contributed by atoms with Gasteiger partial charge < -0.3 is 14.9 Å². The van der Waals surface area contributed by atoms with Crippen LogP contribution in [-0.2, 0) is 14.3 Å². The number of carboxylic acid groups (broad SMARTS) is 2. The lowest BCUT2D eigenvalue weighted by Crippen LogP contribution is -2.42. The molecule has 1 heterocycles. The Morgan fingerprint density at radius 2 is 1.76 bits per heavy atom. The van der Waals surface area contributed by atoms with E-state index in [2.05, 4.69) is 6.92 Å². The Balaban J connectivity index is 2.84. The van der Waals surface area contributed by atoms with E-state index in [-0.39, 0.29) is 0 Å². The molecule has 0 aromatic rings. The molecule has 7 nitrogen and oxygen atoms in total. The van der Waals surface area contributed by atoms with E-state index in [1.54, 1.807) is 6.92 Å². The van der Waals surface area contributed by atoms with Crippen LogP contribution in [0.2, 0.25) is 0 Å². The summed E-state index contributed by atoms with van der Waals surface area (Å²) in [4.78, 5) is 24.4. The van der Waals surface area contributed by atoms with Crippen LogP contribution in [0, 0.1) is 0 Å². The third-order valence-corrected chi connectivity index (χ3v) is 4.76. The van der Waals surface area contributed by atoms with Gasteiger partial charge in [-0.25, -0.2) is 19.1 Å². The van der Waals surface area contributed by atoms with E-state index >= 15 is 0 Å². The maximum Gasteiger partial charge on any atom is 0.348 e. The molecule has 0 aliphatic carbocycles. The topological polar surface area (TPSA) is 90.1 Å². The summed E-state index contributed by atoms with van der Waals surface area (Å²) < 4.78 is 7.50. The SMILES string of the molecule is CCCCCCCC1=[N+](C(C)C(=O)O)CCN1C(C)OC(C)C(=O)O. The Labute approximate surface area is 150 Å². The van der Waals surface area contributed by atoms with Gasteiger partial charge in [0.1, 0.15) is 13.1 Å². The van der Waals surface area contributed by atoms with Crippen molar-refractivity contribution >= 4 is 17.8 Å². The fraction of sp³-hybridized carbons (Fsp3) is 0.833. The third-order valence-electron chi connectivity index (χ3n) is 4.76. The van der Waals surface area contributed by atoms with Crippen LogP contribution in [-0.4, -0.2) is 68.9 Å². The maximum absolute atomic E-state index is 11.4. The van der Waals surface area contributed by atoms with Crippen molar-refractivity contribution in [1.29, 1.82) is 0 Å². The predicted octanol–water partition coefficient (Wildman–Crippen LogP) is 2.38. The number of nitrogens with zero attached hydrogens (tertiary/aromatic N) is 2. The molecule has 0 bridgehead atoms. The van der Waals surface area contributed by atoms with Crippen LogP contribution >= 0.6 is 0 Å². The lowest BCUT2D eigenvalue weighted by Gasteiger charge is -2.23. The molecule has 7 heteroatoms. The first-order valence-corrected chi connectivity index (χ1v) is 9.29. The minimum Gasteiger partial charge on any atom is -0.479 e. The number of unbranched alkanes of at least 4 members (excludes halogenated alkanes) is 4. The van der Waals surface area contributed by atoms with E-state index in [0.717, 1.165) is 25.1 Å². The van der Waals surface area contributed by atoms with Gasteiger partial charge in [0.25, 0.3) is 0 Å². The smallest absolute Gasteiger partial charge is 0.348 e. The highest BCUT2D eigenvalue weighted by molar-refractivity contribution is 5.81. The molecular weight excluding hydrogens is 324 g/mol. The van der Waals surface area contributed by atoms with Gasteiger partial charge in [-0.1, -0.05) is 32.6 Å². The van der Waals surface area contributed by atoms with E-state index in [9.17, 15) is 14.7 Å². The quantitative estimate of drug-likeness (QED) is 0.412. The van der Waals surface area contributed by atoms with E-state index in [1.165, 1.54) is 26.2 Å². The van der Waals surface area contributed by atoms with Crippen molar-refractivity contribution in [2.24, 2.45) is 0 Å². The summed E-state index contributed by atoms with van der Waals surface area (Å²) in [5, 5.41) is 18.4. The molecule has 144 valence electrons. The first-order valence-electron chi connectivity index (χ1n) is 9.29. The number of aliphatic carboxylic acids is 2. The van der Waals surface area contributed by atoms with Crippen molar-refractivity contribution in [3.05, 3.63) is 0 Å². The van der Waals surface area contributed by atoms with Crippen molar-refractivity contribution in [3.63, 3.8) is 0 Å². The van der Waals surface area contributed by atoms with Gasteiger partial charge in [-0.05, 0) is 20.3 Å². The third kappa shape index (κ3) is 6.30. The zero-order valence-electron chi connectivity index (χ0n) is 15.9. The predicted molar refractivity (Wildman–Crippen MR) is 95.0 cm³/mol. The van der Waals surface area contributed by atoms with E-state index in [1.807, 2.05) is 16.4 Å². The molecule has 1 aliphatic rings. The van der Waals surface area contributed by atoms with Crippen LogP contribution in [0.25, 0.3) is 0 Å². The average Bonchev–Trinajstić information content (AvgIpc) is 2.97. The normalized spacial score (nSPS) is 18.3. The van der Waals surface area contributed by atoms with Gasteiger partial charge >= 0.3 is 11.9 Å². The molecule has 0 aromatic carbocycles. The second-order valence-electron chi connectivity index (χ2n) is 6.70. The largest absolute Gasteiger partial charge is 0.479 e. The number of hydrogen-bond acceptors (Lipinski definition) is 4. The Morgan fingerprint density at radius 1 is 1.12 bits per heavy atom. The van der Waals surface area contributed by atoms with Gasteiger partial charge in [0, 0.05) is 13.3 Å².